The molecule has 20 heavy (non-hydrogen) atoms. The Balaban J connectivity index is 3.24. The smallest absolute Gasteiger partial charge is 0.330 e. The minimum absolute atomic E-state index is 0.0777. The van der Waals surface area contributed by atoms with Gasteiger partial charge in [-0.15, -0.1) is 0 Å². The zero-order chi connectivity index (χ0) is 15.3. The van der Waals surface area contributed by atoms with E-state index in [1.807, 2.05) is 13.8 Å². The fraction of sp³-hybridized carbons (Fsp3) is 0.533. The van der Waals surface area contributed by atoms with Crippen molar-refractivity contribution < 1.29 is 19.7 Å². The van der Waals surface area contributed by atoms with Gasteiger partial charge in [0.25, 0.3) is 0 Å². The molecule has 0 aromatic heterocycles. The predicted octanol–water partition coefficient (Wildman–Crippen LogP) is 2.26. The number of carbonyl (C=O) groups is 1. The number of carbonyl (C=O) groups excluding carboxylic acids is 1. The van der Waals surface area contributed by atoms with Crippen LogP contribution in [-0.2, 0) is 15.1 Å². The van der Waals surface area contributed by atoms with Gasteiger partial charge in [-0.3, -0.25) is 5.32 Å². The van der Waals surface area contributed by atoms with Gasteiger partial charge in [-0.25, -0.2) is 4.79 Å². The number of aromatic hydroxyl groups is 2. The molecule has 1 rings (SSSR count). The number of ether oxygens (including phenoxy) is 1. The van der Waals surface area contributed by atoms with Crippen LogP contribution in [0.3, 0.4) is 0 Å². The summed E-state index contributed by atoms with van der Waals surface area (Å²) < 4.78 is 5.12. The SMILES string of the molecule is CCOC(=O)C(C)(NC(C)CC)c1cc(O)cc(O)c1. The number of hydrogen-bond donors (Lipinski definition) is 3. The number of phenols is 2. The minimum Gasteiger partial charge on any atom is -0.508 e. The van der Waals surface area contributed by atoms with E-state index in [0.29, 0.717) is 5.56 Å². The molecule has 0 aliphatic rings. The molecule has 0 fully saturated rings. The van der Waals surface area contributed by atoms with Crippen molar-refractivity contribution in [3.8, 4) is 11.5 Å². The van der Waals surface area contributed by atoms with Crippen molar-refractivity contribution >= 4 is 5.97 Å². The molecule has 112 valence electrons. The molecule has 0 aliphatic heterocycles. The van der Waals surface area contributed by atoms with Gasteiger partial charge in [0.2, 0.25) is 0 Å². The van der Waals surface area contributed by atoms with Crippen LogP contribution >= 0.6 is 0 Å². The van der Waals surface area contributed by atoms with E-state index in [2.05, 4.69) is 5.32 Å². The van der Waals surface area contributed by atoms with Gasteiger partial charge in [0.15, 0.2) is 0 Å². The third kappa shape index (κ3) is 3.63. The summed E-state index contributed by atoms with van der Waals surface area (Å²) in [5, 5.41) is 22.4. The summed E-state index contributed by atoms with van der Waals surface area (Å²) in [6.45, 7) is 7.65. The van der Waals surface area contributed by atoms with Gasteiger partial charge < -0.3 is 14.9 Å². The van der Waals surface area contributed by atoms with E-state index in [0.717, 1.165) is 6.42 Å². The average molecular weight is 281 g/mol. The van der Waals surface area contributed by atoms with Crippen molar-refractivity contribution in [3.05, 3.63) is 23.8 Å². The summed E-state index contributed by atoms with van der Waals surface area (Å²) in [6, 6.07) is 4.20. The lowest BCUT2D eigenvalue weighted by molar-refractivity contribution is -0.151. The van der Waals surface area contributed by atoms with Crippen molar-refractivity contribution in [3.63, 3.8) is 0 Å². The highest BCUT2D eigenvalue weighted by Crippen LogP contribution is 2.30. The lowest BCUT2D eigenvalue weighted by Crippen LogP contribution is -2.51. The predicted molar refractivity (Wildman–Crippen MR) is 76.6 cm³/mol. The quantitative estimate of drug-likeness (QED) is 0.697. The second-order valence-corrected chi connectivity index (χ2v) is 5.04. The number of benzene rings is 1. The Labute approximate surface area is 119 Å². The number of nitrogens with one attached hydrogen (secondary N) is 1. The van der Waals surface area contributed by atoms with Gasteiger partial charge in [0.1, 0.15) is 17.0 Å². The van der Waals surface area contributed by atoms with Crippen LogP contribution in [0.1, 0.15) is 39.7 Å². The Bertz CT molecular complexity index is 455. The van der Waals surface area contributed by atoms with E-state index < -0.39 is 11.5 Å². The van der Waals surface area contributed by atoms with Crippen LogP contribution in [0.5, 0.6) is 11.5 Å². The molecule has 1 aromatic rings. The standard InChI is InChI=1S/C15H23NO4/c1-5-10(3)16-15(4,14(19)20-6-2)11-7-12(17)9-13(18)8-11/h7-10,16-18H,5-6H2,1-4H3. The molecule has 0 bridgehead atoms. The number of esters is 1. The fourth-order valence-corrected chi connectivity index (χ4v) is 2.01. The van der Waals surface area contributed by atoms with Crippen LogP contribution in [0, 0.1) is 0 Å². The highest BCUT2D eigenvalue weighted by molar-refractivity contribution is 5.82. The summed E-state index contributed by atoms with van der Waals surface area (Å²) in [6.07, 6.45) is 0.833. The van der Waals surface area contributed by atoms with Crippen LogP contribution < -0.4 is 5.32 Å². The molecule has 1 aromatic carbocycles. The summed E-state index contributed by atoms with van der Waals surface area (Å²) in [7, 11) is 0. The maximum absolute atomic E-state index is 12.3. The van der Waals surface area contributed by atoms with Gasteiger partial charge in [-0.1, -0.05) is 6.92 Å². The summed E-state index contributed by atoms with van der Waals surface area (Å²) >= 11 is 0. The van der Waals surface area contributed by atoms with Gasteiger partial charge in [-0.2, -0.15) is 0 Å². The Morgan fingerprint density at radius 1 is 1.30 bits per heavy atom. The van der Waals surface area contributed by atoms with E-state index in [4.69, 9.17) is 4.74 Å². The van der Waals surface area contributed by atoms with Crippen molar-refractivity contribution in [2.45, 2.75) is 45.7 Å². The topological polar surface area (TPSA) is 78.8 Å². The molecule has 0 saturated carbocycles. The molecule has 5 heteroatoms. The van der Waals surface area contributed by atoms with E-state index >= 15 is 0 Å². The Kier molecular flexibility index (Phi) is 5.39. The number of rotatable bonds is 6. The molecule has 0 amide bonds. The summed E-state index contributed by atoms with van der Waals surface area (Å²) in [4.78, 5) is 12.3. The second kappa shape index (κ2) is 6.61. The van der Waals surface area contributed by atoms with Crippen LogP contribution in [0.4, 0.5) is 0 Å². The first-order chi connectivity index (χ1) is 9.33. The molecule has 0 radical (unpaired) electrons. The lowest BCUT2D eigenvalue weighted by atomic mass is 9.90. The maximum Gasteiger partial charge on any atom is 0.330 e. The third-order valence-corrected chi connectivity index (χ3v) is 3.31. The monoisotopic (exact) mass is 281 g/mol. The Hall–Kier alpha value is -1.75. The lowest BCUT2D eigenvalue weighted by Gasteiger charge is -2.32. The van der Waals surface area contributed by atoms with Crippen molar-refractivity contribution in [1.29, 1.82) is 0 Å². The molecule has 2 atom stereocenters. The van der Waals surface area contributed by atoms with Crippen LogP contribution in [0.2, 0.25) is 0 Å². The van der Waals surface area contributed by atoms with E-state index in [-0.39, 0.29) is 24.1 Å². The molecular formula is C15H23NO4. The first-order valence-corrected chi connectivity index (χ1v) is 6.81. The van der Waals surface area contributed by atoms with E-state index in [1.54, 1.807) is 13.8 Å². The molecule has 3 N–H and O–H groups in total. The Morgan fingerprint density at radius 2 is 1.85 bits per heavy atom. The van der Waals surface area contributed by atoms with Crippen LogP contribution in [-0.4, -0.2) is 28.8 Å². The molecule has 0 spiro atoms. The average Bonchev–Trinajstić information content (AvgIpc) is 2.37. The first-order valence-electron chi connectivity index (χ1n) is 6.81. The molecule has 2 unspecified atom stereocenters. The third-order valence-electron chi connectivity index (χ3n) is 3.31. The normalized spacial score (nSPS) is 15.4. The van der Waals surface area contributed by atoms with E-state index in [1.165, 1.54) is 18.2 Å². The number of phenolic OH excluding ortho intramolecular Hbond substituents is 2. The van der Waals surface area contributed by atoms with Crippen molar-refractivity contribution in [2.75, 3.05) is 6.61 Å². The molecular weight excluding hydrogens is 258 g/mol. The zero-order valence-electron chi connectivity index (χ0n) is 12.4. The highest BCUT2D eigenvalue weighted by atomic mass is 16.5. The van der Waals surface area contributed by atoms with Crippen LogP contribution in [0.15, 0.2) is 18.2 Å². The summed E-state index contributed by atoms with van der Waals surface area (Å²) in [5.74, 6) is -0.631. The van der Waals surface area contributed by atoms with Crippen LogP contribution in [0.25, 0.3) is 0 Å². The highest BCUT2D eigenvalue weighted by Gasteiger charge is 2.38. The summed E-state index contributed by atoms with van der Waals surface area (Å²) in [5.41, 5.74) is -0.657. The van der Waals surface area contributed by atoms with Gasteiger partial charge in [0.05, 0.1) is 6.61 Å². The largest absolute Gasteiger partial charge is 0.508 e. The first kappa shape index (κ1) is 16.3. The van der Waals surface area contributed by atoms with E-state index in [9.17, 15) is 15.0 Å². The molecule has 0 saturated heterocycles. The van der Waals surface area contributed by atoms with Crippen molar-refractivity contribution in [2.24, 2.45) is 0 Å². The number of hydrogen-bond acceptors (Lipinski definition) is 5. The Morgan fingerprint density at radius 3 is 2.30 bits per heavy atom. The fourth-order valence-electron chi connectivity index (χ4n) is 2.01. The maximum atomic E-state index is 12.3. The second-order valence-electron chi connectivity index (χ2n) is 5.04. The molecule has 0 heterocycles. The van der Waals surface area contributed by atoms with Gasteiger partial charge in [0, 0.05) is 12.1 Å². The minimum atomic E-state index is -1.12. The zero-order valence-corrected chi connectivity index (χ0v) is 12.4. The molecule has 0 aliphatic carbocycles. The van der Waals surface area contributed by atoms with Gasteiger partial charge in [-0.05, 0) is 44.9 Å². The molecule has 5 nitrogen and oxygen atoms in total. The van der Waals surface area contributed by atoms with Gasteiger partial charge >= 0.3 is 5.97 Å². The van der Waals surface area contributed by atoms with Crippen molar-refractivity contribution in [1.82, 2.24) is 5.32 Å².